The average Bonchev–Trinajstić information content (AvgIpc) is 2.72. The van der Waals surface area contributed by atoms with Crippen LogP contribution in [0.1, 0.15) is 37.9 Å². The van der Waals surface area contributed by atoms with Crippen molar-refractivity contribution in [2.24, 2.45) is 0 Å². The lowest BCUT2D eigenvalue weighted by Gasteiger charge is -2.19. The summed E-state index contributed by atoms with van der Waals surface area (Å²) in [6.45, 7) is 7.03. The van der Waals surface area contributed by atoms with Crippen LogP contribution in [0.4, 0.5) is 4.39 Å². The van der Waals surface area contributed by atoms with Crippen molar-refractivity contribution < 1.29 is 22.9 Å². The third-order valence-electron chi connectivity index (χ3n) is 4.81. The minimum Gasteiger partial charge on any atom is -0.347 e. The monoisotopic (exact) mass is 422 g/mol. The molecule has 1 atom stereocenters. The van der Waals surface area contributed by atoms with Crippen molar-refractivity contribution in [1.82, 2.24) is 9.62 Å². The van der Waals surface area contributed by atoms with E-state index in [0.29, 0.717) is 19.6 Å². The molecule has 0 aliphatic rings. The summed E-state index contributed by atoms with van der Waals surface area (Å²) >= 11 is 0. The van der Waals surface area contributed by atoms with E-state index in [0.717, 1.165) is 11.1 Å². The molecule has 2 rings (SSSR count). The second-order valence-electron chi connectivity index (χ2n) is 6.79. The van der Waals surface area contributed by atoms with Gasteiger partial charge in [-0.15, -0.1) is 0 Å². The van der Waals surface area contributed by atoms with E-state index in [-0.39, 0.29) is 29.2 Å². The summed E-state index contributed by atoms with van der Waals surface area (Å²) in [7, 11) is -3.47. The highest BCUT2D eigenvalue weighted by Gasteiger charge is 2.22. The molecule has 0 saturated heterocycles. The van der Waals surface area contributed by atoms with Gasteiger partial charge in [-0.1, -0.05) is 38.1 Å². The minimum absolute atomic E-state index is 0.00298. The van der Waals surface area contributed by atoms with E-state index in [1.165, 1.54) is 16.4 Å². The van der Waals surface area contributed by atoms with E-state index < -0.39 is 10.0 Å². The Labute approximate surface area is 172 Å². The van der Waals surface area contributed by atoms with Crippen LogP contribution in [0.15, 0.2) is 53.4 Å². The van der Waals surface area contributed by atoms with Crippen molar-refractivity contribution in [3.8, 4) is 0 Å². The van der Waals surface area contributed by atoms with Gasteiger partial charge in [0.05, 0.1) is 4.90 Å². The third kappa shape index (κ3) is 6.35. The number of hydrogen-bond donors (Lipinski definition) is 2. The highest BCUT2D eigenvalue weighted by molar-refractivity contribution is 7.89. The Morgan fingerprint density at radius 3 is 2.21 bits per heavy atom. The van der Waals surface area contributed by atoms with E-state index in [9.17, 15) is 17.6 Å². The predicted octanol–water partition coefficient (Wildman–Crippen LogP) is 1.80. The van der Waals surface area contributed by atoms with Crippen LogP contribution in [0.2, 0.25) is 0 Å². The fourth-order valence-electron chi connectivity index (χ4n) is 2.95. The summed E-state index contributed by atoms with van der Waals surface area (Å²) in [5.41, 5.74) is 1.77. The van der Waals surface area contributed by atoms with E-state index in [4.69, 9.17) is 0 Å². The van der Waals surface area contributed by atoms with Crippen molar-refractivity contribution in [3.63, 3.8) is 0 Å². The molecule has 0 saturated carbocycles. The van der Waals surface area contributed by atoms with Crippen LogP contribution in [-0.2, 0) is 21.4 Å². The Morgan fingerprint density at radius 2 is 1.66 bits per heavy atom. The molecule has 0 radical (unpaired) electrons. The number of hydrogen-bond acceptors (Lipinski definition) is 3. The molecule has 158 valence electrons. The van der Waals surface area contributed by atoms with Crippen LogP contribution in [0, 0.1) is 5.82 Å². The number of rotatable bonds is 10. The number of nitrogens with zero attached hydrogens (tertiary/aromatic N) is 1. The second kappa shape index (κ2) is 10.5. The fraction of sp³-hybridized carbons (Fsp3) is 0.381. The lowest BCUT2D eigenvalue weighted by atomic mass is 10.1. The maximum Gasteiger partial charge on any atom is 0.275 e. The number of carbonyl (C=O) groups excluding carboxylic acids is 1. The molecule has 2 aromatic rings. The van der Waals surface area contributed by atoms with Gasteiger partial charge in [-0.05, 0) is 36.8 Å². The minimum atomic E-state index is -3.47. The first-order valence-corrected chi connectivity index (χ1v) is 11.2. The second-order valence-corrected chi connectivity index (χ2v) is 8.73. The Balaban J connectivity index is 1.88. The number of benzene rings is 2. The van der Waals surface area contributed by atoms with Gasteiger partial charge in [0.15, 0.2) is 6.54 Å². The molecule has 6 nitrogen and oxygen atoms in total. The molecule has 0 fully saturated rings. The zero-order chi connectivity index (χ0) is 21.4. The van der Waals surface area contributed by atoms with Crippen LogP contribution in [0.5, 0.6) is 0 Å². The highest BCUT2D eigenvalue weighted by Crippen LogP contribution is 2.18. The Hall–Kier alpha value is -2.29. The van der Waals surface area contributed by atoms with Gasteiger partial charge in [0, 0.05) is 25.2 Å². The Morgan fingerprint density at radius 1 is 1.07 bits per heavy atom. The quantitative estimate of drug-likeness (QED) is 0.612. The molecular formula is C21H29FN3O3S+. The smallest absolute Gasteiger partial charge is 0.275 e. The first kappa shape index (κ1) is 23.0. The maximum absolute atomic E-state index is 12.9. The van der Waals surface area contributed by atoms with Gasteiger partial charge >= 0.3 is 0 Å². The number of carbonyl (C=O) groups is 1. The summed E-state index contributed by atoms with van der Waals surface area (Å²) in [5.74, 6) is -0.431. The van der Waals surface area contributed by atoms with Crippen LogP contribution >= 0.6 is 0 Å². The summed E-state index contributed by atoms with van der Waals surface area (Å²) in [6.07, 6.45) is 0. The van der Waals surface area contributed by atoms with E-state index >= 15 is 0 Å². The molecule has 0 spiro atoms. The zero-order valence-electron chi connectivity index (χ0n) is 17.1. The van der Waals surface area contributed by atoms with Gasteiger partial charge in [-0.3, -0.25) is 4.79 Å². The number of halogens is 1. The van der Waals surface area contributed by atoms with Crippen LogP contribution in [0.25, 0.3) is 0 Å². The molecule has 29 heavy (non-hydrogen) atoms. The largest absolute Gasteiger partial charge is 0.347 e. The standard InChI is InChI=1S/C21H28FN3O3S/c1-4-25(5-2)29(27,28)20-12-8-18(9-13-20)16(3)23-15-21(26)24-14-17-6-10-19(22)11-7-17/h6-13,16,23H,4-5,14-15H2,1-3H3,(H,24,26)/p+1/t16-/m1/s1. The zero-order valence-corrected chi connectivity index (χ0v) is 17.9. The van der Waals surface area contributed by atoms with Crippen molar-refractivity contribution in [2.75, 3.05) is 19.6 Å². The van der Waals surface area contributed by atoms with Crippen molar-refractivity contribution in [3.05, 3.63) is 65.5 Å². The molecule has 8 heteroatoms. The molecule has 1 amide bonds. The average molecular weight is 423 g/mol. The maximum atomic E-state index is 12.9. The number of amides is 1. The van der Waals surface area contributed by atoms with Crippen molar-refractivity contribution in [1.29, 1.82) is 0 Å². The molecule has 3 N–H and O–H groups in total. The summed E-state index contributed by atoms with van der Waals surface area (Å²) < 4.78 is 39.4. The fourth-order valence-corrected chi connectivity index (χ4v) is 4.41. The molecule has 0 bridgehead atoms. The first-order valence-electron chi connectivity index (χ1n) is 9.72. The van der Waals surface area contributed by atoms with E-state index in [2.05, 4.69) is 5.32 Å². The van der Waals surface area contributed by atoms with Crippen LogP contribution in [-0.4, -0.2) is 38.3 Å². The van der Waals surface area contributed by atoms with Gasteiger partial charge in [-0.25, -0.2) is 12.8 Å². The molecule has 0 aliphatic heterocycles. The molecule has 2 aromatic carbocycles. The molecular weight excluding hydrogens is 393 g/mol. The molecule has 0 aromatic heterocycles. The number of quaternary nitrogens is 1. The Bertz CT molecular complexity index is 896. The van der Waals surface area contributed by atoms with Crippen molar-refractivity contribution >= 4 is 15.9 Å². The predicted molar refractivity (Wildman–Crippen MR) is 110 cm³/mol. The van der Waals surface area contributed by atoms with Crippen LogP contribution < -0.4 is 10.6 Å². The molecule has 0 aliphatic carbocycles. The van der Waals surface area contributed by atoms with E-state index in [1.54, 1.807) is 36.4 Å². The van der Waals surface area contributed by atoms with Gasteiger partial charge in [0.1, 0.15) is 11.9 Å². The molecule has 0 unspecified atom stereocenters. The Kier molecular flexibility index (Phi) is 8.31. The first-order chi connectivity index (χ1) is 13.8. The summed E-state index contributed by atoms with van der Waals surface area (Å²) in [4.78, 5) is 12.3. The van der Waals surface area contributed by atoms with Gasteiger partial charge < -0.3 is 10.6 Å². The normalized spacial score (nSPS) is 12.7. The van der Waals surface area contributed by atoms with Gasteiger partial charge in [0.2, 0.25) is 10.0 Å². The lowest BCUT2D eigenvalue weighted by molar-refractivity contribution is -0.682. The highest BCUT2D eigenvalue weighted by atomic mass is 32.2. The summed E-state index contributed by atoms with van der Waals surface area (Å²) in [6, 6.07) is 12.8. The van der Waals surface area contributed by atoms with Gasteiger partial charge in [0.25, 0.3) is 5.91 Å². The molecule has 0 heterocycles. The topological polar surface area (TPSA) is 83.1 Å². The third-order valence-corrected chi connectivity index (χ3v) is 6.87. The van der Waals surface area contributed by atoms with Gasteiger partial charge in [-0.2, -0.15) is 4.31 Å². The number of sulfonamides is 1. The van der Waals surface area contributed by atoms with Crippen molar-refractivity contribution in [2.45, 2.75) is 38.3 Å². The summed E-state index contributed by atoms with van der Waals surface area (Å²) in [5, 5.41) is 4.68. The van der Waals surface area contributed by atoms with Crippen LogP contribution in [0.3, 0.4) is 0 Å². The number of nitrogens with one attached hydrogen (secondary N) is 1. The number of nitrogens with two attached hydrogens (primary N) is 1. The van der Waals surface area contributed by atoms with E-state index in [1.807, 2.05) is 26.1 Å². The lowest BCUT2D eigenvalue weighted by Crippen LogP contribution is -2.87. The SMILES string of the molecule is CCN(CC)S(=O)(=O)c1ccc([C@@H](C)[NH2+]CC(=O)NCc2ccc(F)cc2)cc1.